The van der Waals surface area contributed by atoms with E-state index < -0.39 is 0 Å². The summed E-state index contributed by atoms with van der Waals surface area (Å²) in [4.78, 5) is 6.53. The van der Waals surface area contributed by atoms with Crippen molar-refractivity contribution in [2.45, 2.75) is 25.8 Å². The lowest BCUT2D eigenvalue weighted by Gasteiger charge is -2.21. The predicted molar refractivity (Wildman–Crippen MR) is 54.1 cm³/mol. The van der Waals surface area contributed by atoms with E-state index in [0.29, 0.717) is 12.0 Å². The molecule has 1 aliphatic heterocycles. The second kappa shape index (κ2) is 5.04. The molecule has 0 bridgehead atoms. The fourth-order valence-corrected chi connectivity index (χ4v) is 1.57. The van der Waals surface area contributed by atoms with Gasteiger partial charge < -0.3 is 5.73 Å². The van der Waals surface area contributed by atoms with Gasteiger partial charge in [0, 0.05) is 6.04 Å². The van der Waals surface area contributed by atoms with Gasteiger partial charge in [0.2, 0.25) is 5.96 Å². The number of likely N-dealkylation sites (tertiary alicyclic amines) is 1. The molecule has 1 fully saturated rings. The molecule has 0 radical (unpaired) electrons. The van der Waals surface area contributed by atoms with Crippen LogP contribution in [0, 0.1) is 0 Å². The van der Waals surface area contributed by atoms with Crippen molar-refractivity contribution in [3.05, 3.63) is 0 Å². The van der Waals surface area contributed by atoms with Crippen LogP contribution in [0.15, 0.2) is 4.99 Å². The lowest BCUT2D eigenvalue weighted by Crippen LogP contribution is -2.39. The van der Waals surface area contributed by atoms with Crippen molar-refractivity contribution >= 4 is 5.96 Å². The van der Waals surface area contributed by atoms with Crippen LogP contribution in [0.25, 0.3) is 0 Å². The second-order valence-corrected chi connectivity index (χ2v) is 3.46. The average molecular weight is 185 g/mol. The van der Waals surface area contributed by atoms with Gasteiger partial charge in [-0.2, -0.15) is 0 Å². The minimum absolute atomic E-state index is 0.311. The quantitative estimate of drug-likeness (QED) is 0.234. The van der Waals surface area contributed by atoms with Gasteiger partial charge in [0.15, 0.2) is 0 Å². The zero-order chi connectivity index (χ0) is 9.68. The molecule has 0 aromatic rings. The van der Waals surface area contributed by atoms with Gasteiger partial charge in [-0.3, -0.25) is 15.3 Å². The van der Waals surface area contributed by atoms with Gasteiger partial charge >= 0.3 is 0 Å². The maximum Gasteiger partial charge on any atom is 0.203 e. The van der Waals surface area contributed by atoms with Gasteiger partial charge in [0.1, 0.15) is 0 Å². The van der Waals surface area contributed by atoms with Crippen LogP contribution in [0.5, 0.6) is 0 Å². The van der Waals surface area contributed by atoms with Gasteiger partial charge in [-0.05, 0) is 32.9 Å². The molecule has 0 aliphatic carbocycles. The van der Waals surface area contributed by atoms with E-state index in [-0.39, 0.29) is 0 Å². The van der Waals surface area contributed by atoms with Gasteiger partial charge in [-0.1, -0.05) is 0 Å². The first-order chi connectivity index (χ1) is 6.24. The highest BCUT2D eigenvalue weighted by Gasteiger charge is 2.17. The van der Waals surface area contributed by atoms with Crippen molar-refractivity contribution in [2.24, 2.45) is 16.6 Å². The van der Waals surface area contributed by atoms with Crippen LogP contribution in [0.3, 0.4) is 0 Å². The molecule has 1 unspecified atom stereocenters. The normalized spacial score (nSPS) is 21.8. The summed E-state index contributed by atoms with van der Waals surface area (Å²) in [5.41, 5.74) is 7.74. The highest BCUT2D eigenvalue weighted by molar-refractivity contribution is 5.77. The van der Waals surface area contributed by atoms with Crippen LogP contribution in [-0.4, -0.2) is 36.5 Å². The zero-order valence-corrected chi connectivity index (χ0v) is 8.16. The Balaban J connectivity index is 2.27. The highest BCUT2D eigenvalue weighted by Crippen LogP contribution is 2.11. The van der Waals surface area contributed by atoms with Crippen LogP contribution < -0.4 is 17.0 Å². The Kier molecular flexibility index (Phi) is 3.98. The number of hydrazine groups is 1. The summed E-state index contributed by atoms with van der Waals surface area (Å²) < 4.78 is 0. The molecule has 0 amide bonds. The maximum absolute atomic E-state index is 5.42. The smallest absolute Gasteiger partial charge is 0.203 e. The maximum atomic E-state index is 5.42. The molecule has 1 atom stereocenters. The molecule has 76 valence electrons. The molecule has 0 aromatic carbocycles. The minimum atomic E-state index is 0.311. The first-order valence-corrected chi connectivity index (χ1v) is 4.74. The van der Waals surface area contributed by atoms with Crippen molar-refractivity contribution < 1.29 is 0 Å². The van der Waals surface area contributed by atoms with Gasteiger partial charge in [-0.15, -0.1) is 0 Å². The largest absolute Gasteiger partial charge is 0.369 e. The number of rotatable bonds is 3. The minimum Gasteiger partial charge on any atom is -0.369 e. The summed E-state index contributed by atoms with van der Waals surface area (Å²) in [6, 6.07) is 0.467. The van der Waals surface area contributed by atoms with Crippen LogP contribution >= 0.6 is 0 Å². The second-order valence-electron chi connectivity index (χ2n) is 3.46. The number of nitrogens with two attached hydrogens (primary N) is 2. The Morgan fingerprint density at radius 2 is 2.15 bits per heavy atom. The third-order valence-corrected chi connectivity index (χ3v) is 2.44. The molecule has 5 nitrogen and oxygen atoms in total. The van der Waals surface area contributed by atoms with E-state index in [1.54, 1.807) is 0 Å². The van der Waals surface area contributed by atoms with E-state index in [1.807, 2.05) is 0 Å². The van der Waals surface area contributed by atoms with Crippen molar-refractivity contribution in [1.29, 1.82) is 0 Å². The van der Waals surface area contributed by atoms with E-state index in [1.165, 1.54) is 25.9 Å². The third-order valence-electron chi connectivity index (χ3n) is 2.44. The molecule has 1 rings (SSSR count). The summed E-state index contributed by atoms with van der Waals surface area (Å²) in [7, 11) is 0. The molecule has 5 N–H and O–H groups in total. The molecular formula is C8H19N5. The highest BCUT2D eigenvalue weighted by atomic mass is 15.3. The molecule has 0 saturated carbocycles. The summed E-state index contributed by atoms with van der Waals surface area (Å²) in [6.07, 6.45) is 2.61. The standard InChI is InChI=1S/C8H19N5/c1-7(6-11-8(9)12-10)13-4-2-3-5-13/h7H,2-6,10H2,1H3,(H3,9,11,12). The van der Waals surface area contributed by atoms with E-state index in [0.717, 1.165) is 6.54 Å². The number of hydrogen-bond acceptors (Lipinski definition) is 3. The van der Waals surface area contributed by atoms with Crippen LogP contribution in [0.4, 0.5) is 0 Å². The van der Waals surface area contributed by atoms with Crippen LogP contribution in [-0.2, 0) is 0 Å². The number of nitrogens with zero attached hydrogens (tertiary/aromatic N) is 2. The number of aliphatic imine (C=N–C) groups is 1. The van der Waals surface area contributed by atoms with Gasteiger partial charge in [-0.25, -0.2) is 5.84 Å². The Morgan fingerprint density at radius 1 is 1.54 bits per heavy atom. The zero-order valence-electron chi connectivity index (χ0n) is 8.16. The van der Waals surface area contributed by atoms with E-state index >= 15 is 0 Å². The fourth-order valence-electron chi connectivity index (χ4n) is 1.57. The number of nitrogens with one attached hydrogen (secondary N) is 1. The van der Waals surface area contributed by atoms with E-state index in [9.17, 15) is 0 Å². The molecular weight excluding hydrogens is 166 g/mol. The summed E-state index contributed by atoms with van der Waals surface area (Å²) in [6.45, 7) is 5.26. The van der Waals surface area contributed by atoms with Crippen molar-refractivity contribution in [3.63, 3.8) is 0 Å². The third kappa shape index (κ3) is 3.20. The molecule has 0 aromatic heterocycles. The molecule has 5 heteroatoms. The Hall–Kier alpha value is -0.810. The Morgan fingerprint density at radius 3 is 2.69 bits per heavy atom. The van der Waals surface area contributed by atoms with E-state index in [2.05, 4.69) is 22.2 Å². The van der Waals surface area contributed by atoms with E-state index in [4.69, 9.17) is 11.6 Å². The topological polar surface area (TPSA) is 79.7 Å². The fraction of sp³-hybridized carbons (Fsp3) is 0.875. The predicted octanol–water partition coefficient (Wildman–Crippen LogP) is -0.751. The first kappa shape index (κ1) is 10.3. The lowest BCUT2D eigenvalue weighted by atomic mass is 10.3. The summed E-state index contributed by atoms with van der Waals surface area (Å²) in [5.74, 6) is 5.40. The summed E-state index contributed by atoms with van der Waals surface area (Å²) >= 11 is 0. The molecule has 0 spiro atoms. The van der Waals surface area contributed by atoms with Crippen LogP contribution in [0.2, 0.25) is 0 Å². The Labute approximate surface area is 79.1 Å². The Bertz CT molecular complexity index is 173. The molecule has 13 heavy (non-hydrogen) atoms. The number of hydrogen-bond donors (Lipinski definition) is 3. The average Bonchev–Trinajstić information content (AvgIpc) is 2.66. The lowest BCUT2D eigenvalue weighted by molar-refractivity contribution is 0.265. The van der Waals surface area contributed by atoms with Crippen LogP contribution in [0.1, 0.15) is 19.8 Å². The SMILES string of the molecule is CC(CN=C(N)NN)N1CCCC1. The summed E-state index contributed by atoms with van der Waals surface area (Å²) in [5, 5.41) is 0. The van der Waals surface area contributed by atoms with Gasteiger partial charge in [0.25, 0.3) is 0 Å². The van der Waals surface area contributed by atoms with Gasteiger partial charge in [0.05, 0.1) is 6.54 Å². The first-order valence-electron chi connectivity index (χ1n) is 4.74. The van der Waals surface area contributed by atoms with Crippen molar-refractivity contribution in [1.82, 2.24) is 10.3 Å². The molecule has 1 aliphatic rings. The van der Waals surface area contributed by atoms with Crippen molar-refractivity contribution in [3.8, 4) is 0 Å². The van der Waals surface area contributed by atoms with Crippen molar-refractivity contribution in [2.75, 3.05) is 19.6 Å². The monoisotopic (exact) mass is 185 g/mol. The molecule has 1 heterocycles. The molecule has 1 saturated heterocycles. The number of guanidine groups is 1.